The summed E-state index contributed by atoms with van der Waals surface area (Å²) in [6.07, 6.45) is -2.29. The van der Waals surface area contributed by atoms with E-state index in [1.54, 1.807) is 0 Å². The zero-order chi connectivity index (χ0) is 14.7. The molecule has 0 amide bonds. The Labute approximate surface area is 121 Å². The van der Waals surface area contributed by atoms with Crippen LogP contribution in [-0.2, 0) is 4.74 Å². The molecule has 0 aliphatic carbocycles. The fraction of sp³-hybridized carbons (Fsp3) is 1.00. The summed E-state index contributed by atoms with van der Waals surface area (Å²) in [6, 6.07) is 0. The van der Waals surface area contributed by atoms with Crippen LogP contribution in [0.1, 0.15) is 13.3 Å². The zero-order valence-corrected chi connectivity index (χ0v) is 11.9. The summed E-state index contributed by atoms with van der Waals surface area (Å²) < 4.78 is 54.2. The lowest BCUT2D eigenvalue weighted by molar-refractivity contribution is -0.164. The van der Waals surface area contributed by atoms with E-state index in [0.717, 1.165) is 0 Å². The molecule has 0 aliphatic rings. The molecule has 0 bridgehead atoms. The van der Waals surface area contributed by atoms with E-state index < -0.39 is 40.3 Å². The predicted molar refractivity (Wildman–Crippen MR) is 61.8 cm³/mol. The highest BCUT2D eigenvalue weighted by atomic mass is 35.5. The third kappa shape index (κ3) is 6.82. The van der Waals surface area contributed by atoms with Gasteiger partial charge in [-0.25, -0.2) is 0 Å². The second kappa shape index (κ2) is 6.99. The molecule has 0 aliphatic heterocycles. The van der Waals surface area contributed by atoms with Crippen LogP contribution in [0.2, 0.25) is 0 Å². The molecule has 10 heteroatoms. The van der Waals surface area contributed by atoms with Crippen LogP contribution < -0.4 is 0 Å². The van der Waals surface area contributed by atoms with E-state index in [0.29, 0.717) is 0 Å². The van der Waals surface area contributed by atoms with E-state index in [1.807, 2.05) is 0 Å². The van der Waals surface area contributed by atoms with Gasteiger partial charge < -0.3 is 9.84 Å². The van der Waals surface area contributed by atoms with E-state index in [2.05, 4.69) is 27.9 Å². The minimum absolute atomic E-state index is 0.466. The summed E-state index contributed by atoms with van der Waals surface area (Å²) in [5, 5.41) is -0.178. The van der Waals surface area contributed by atoms with Crippen molar-refractivity contribution in [1.29, 1.82) is 0 Å². The molecule has 0 rings (SSSR count). The molecule has 0 spiro atoms. The number of rotatable bonds is 7. The van der Waals surface area contributed by atoms with Crippen molar-refractivity contribution >= 4 is 46.4 Å². The molecule has 0 aromatic rings. The Morgan fingerprint density at radius 1 is 1.11 bits per heavy atom. The molecular weight excluding hydrogens is 346 g/mol. The molecule has 4 unspecified atom stereocenters. The van der Waals surface area contributed by atoms with Crippen LogP contribution in [0.25, 0.3) is 0 Å². The monoisotopic (exact) mass is 354 g/mol. The second-order valence-electron chi connectivity index (χ2n) is 3.60. The molecule has 0 fully saturated rings. The fourth-order valence-electron chi connectivity index (χ4n) is 1.03. The lowest BCUT2D eigenvalue weighted by atomic mass is 10.0. The van der Waals surface area contributed by atoms with Gasteiger partial charge in [0.1, 0.15) is 5.38 Å². The van der Waals surface area contributed by atoms with Gasteiger partial charge in [0.05, 0.1) is 0 Å². The minimum atomic E-state index is -3.90. The Kier molecular flexibility index (Phi) is 7.31. The molecule has 0 heterocycles. The smallest absolute Gasteiger partial charge is 0.361 e. The SMILES string of the molecule is CC(CC(O)OC(Cl)C(F)(F)Cl)C(Cl)C(F)(F)Cl. The summed E-state index contributed by atoms with van der Waals surface area (Å²) in [5.74, 6) is -1.01. The largest absolute Gasteiger partial charge is 0.368 e. The third-order valence-electron chi connectivity index (χ3n) is 1.92. The summed E-state index contributed by atoms with van der Waals surface area (Å²) in [4.78, 5) is 0. The summed E-state index contributed by atoms with van der Waals surface area (Å²) >= 11 is 19.6. The molecule has 2 nitrogen and oxygen atoms in total. The zero-order valence-electron chi connectivity index (χ0n) is 8.90. The maximum absolute atomic E-state index is 12.6. The predicted octanol–water partition coefficient (Wildman–Crippen LogP) is 4.18. The summed E-state index contributed by atoms with van der Waals surface area (Å²) in [7, 11) is 0. The van der Waals surface area contributed by atoms with Gasteiger partial charge in [0.2, 0.25) is 5.56 Å². The van der Waals surface area contributed by atoms with Gasteiger partial charge in [0.25, 0.3) is 0 Å². The van der Waals surface area contributed by atoms with Crippen molar-refractivity contribution in [3.05, 3.63) is 0 Å². The summed E-state index contributed by atoms with van der Waals surface area (Å²) in [6.45, 7) is 1.24. The maximum atomic E-state index is 12.6. The Morgan fingerprint density at radius 2 is 1.56 bits per heavy atom. The van der Waals surface area contributed by atoms with Crippen molar-refractivity contribution in [3.63, 3.8) is 0 Å². The first-order valence-corrected chi connectivity index (χ1v) is 6.23. The highest BCUT2D eigenvalue weighted by Gasteiger charge is 2.42. The second-order valence-corrected chi connectivity index (χ2v) is 5.48. The van der Waals surface area contributed by atoms with Gasteiger partial charge in [0, 0.05) is 6.42 Å². The number of aliphatic hydroxyl groups excluding tert-OH is 1. The number of aliphatic hydroxyl groups is 1. The van der Waals surface area contributed by atoms with Gasteiger partial charge in [-0.1, -0.05) is 18.5 Å². The van der Waals surface area contributed by atoms with Gasteiger partial charge in [-0.05, 0) is 29.1 Å². The van der Waals surface area contributed by atoms with Crippen LogP contribution in [-0.4, -0.2) is 33.1 Å². The quantitative estimate of drug-likeness (QED) is 0.421. The van der Waals surface area contributed by atoms with Crippen LogP contribution >= 0.6 is 46.4 Å². The van der Waals surface area contributed by atoms with Gasteiger partial charge in [-0.2, -0.15) is 17.6 Å². The average Bonchev–Trinajstić information content (AvgIpc) is 2.12. The lowest BCUT2D eigenvalue weighted by Gasteiger charge is -2.25. The van der Waals surface area contributed by atoms with Crippen molar-refractivity contribution in [3.8, 4) is 0 Å². The molecule has 18 heavy (non-hydrogen) atoms. The average molecular weight is 356 g/mol. The first kappa shape index (κ1) is 18.8. The molecule has 0 saturated carbocycles. The fourth-order valence-corrected chi connectivity index (χ4v) is 1.52. The molecule has 0 radical (unpaired) electrons. The van der Waals surface area contributed by atoms with Crippen LogP contribution in [0.5, 0.6) is 0 Å². The van der Waals surface area contributed by atoms with E-state index in [1.165, 1.54) is 6.92 Å². The normalized spacial score (nSPS) is 20.3. The van der Waals surface area contributed by atoms with Gasteiger partial charge in [-0.15, -0.1) is 11.6 Å². The first-order valence-electron chi connectivity index (χ1n) is 4.60. The molecule has 0 saturated heterocycles. The van der Waals surface area contributed by atoms with Gasteiger partial charge in [-0.3, -0.25) is 0 Å². The molecule has 0 aromatic heterocycles. The molecule has 4 atom stereocenters. The number of ether oxygens (including phenoxy) is 1. The Morgan fingerprint density at radius 3 is 1.89 bits per heavy atom. The summed E-state index contributed by atoms with van der Waals surface area (Å²) in [5.41, 5.74) is -2.30. The Balaban J connectivity index is 4.29. The Bertz CT molecular complexity index is 258. The van der Waals surface area contributed by atoms with Crippen molar-refractivity contribution < 1.29 is 27.4 Å². The molecular formula is C8H10Cl4F4O2. The molecule has 110 valence electrons. The van der Waals surface area contributed by atoms with Crippen LogP contribution in [0, 0.1) is 5.92 Å². The number of hydrogen-bond donors (Lipinski definition) is 1. The highest BCUT2D eigenvalue weighted by Crippen LogP contribution is 2.35. The van der Waals surface area contributed by atoms with E-state index in [9.17, 15) is 22.7 Å². The highest BCUT2D eigenvalue weighted by molar-refractivity contribution is 6.31. The van der Waals surface area contributed by atoms with Crippen molar-refractivity contribution in [1.82, 2.24) is 0 Å². The van der Waals surface area contributed by atoms with E-state index >= 15 is 0 Å². The first-order chi connectivity index (χ1) is 7.85. The van der Waals surface area contributed by atoms with E-state index in [-0.39, 0.29) is 0 Å². The third-order valence-corrected chi connectivity index (χ3v) is 3.66. The number of hydrogen-bond acceptors (Lipinski definition) is 2. The van der Waals surface area contributed by atoms with Crippen LogP contribution in [0.15, 0.2) is 0 Å². The van der Waals surface area contributed by atoms with Gasteiger partial charge in [0.15, 0.2) is 6.29 Å². The Hall–Kier alpha value is 0.800. The van der Waals surface area contributed by atoms with Crippen LogP contribution in [0.4, 0.5) is 17.6 Å². The number of alkyl halides is 8. The van der Waals surface area contributed by atoms with Gasteiger partial charge >= 0.3 is 10.8 Å². The van der Waals surface area contributed by atoms with E-state index in [4.69, 9.17) is 23.2 Å². The minimum Gasteiger partial charge on any atom is -0.368 e. The topological polar surface area (TPSA) is 29.5 Å². The molecule has 0 aromatic carbocycles. The van der Waals surface area contributed by atoms with Crippen molar-refractivity contribution in [2.75, 3.05) is 0 Å². The lowest BCUT2D eigenvalue weighted by Crippen LogP contribution is -2.34. The number of halogens is 8. The maximum Gasteiger partial charge on any atom is 0.361 e. The standard InChI is InChI=1S/C8H10Cl4F4O2/c1-3(5(9)7(11,13)14)2-4(17)18-6(10)8(12,15)16/h3-6,17H,2H2,1H3. The van der Waals surface area contributed by atoms with Crippen molar-refractivity contribution in [2.45, 2.75) is 41.3 Å². The molecule has 1 N–H and O–H groups in total. The van der Waals surface area contributed by atoms with Crippen molar-refractivity contribution in [2.24, 2.45) is 5.92 Å². The van der Waals surface area contributed by atoms with Crippen LogP contribution in [0.3, 0.4) is 0 Å².